The van der Waals surface area contributed by atoms with E-state index in [1.54, 1.807) is 18.9 Å². The van der Waals surface area contributed by atoms with Crippen molar-refractivity contribution in [3.05, 3.63) is 88.9 Å². The number of hydrogen-bond acceptors (Lipinski definition) is 5. The highest BCUT2D eigenvalue weighted by atomic mass is 35.5. The van der Waals surface area contributed by atoms with E-state index in [1.807, 2.05) is 72.8 Å². The number of aromatic amines is 1. The number of amides is 1. The van der Waals surface area contributed by atoms with Gasteiger partial charge in [0.25, 0.3) is 0 Å². The molecule has 1 saturated heterocycles. The molecule has 4 aromatic rings. The van der Waals surface area contributed by atoms with E-state index < -0.39 is 0 Å². The lowest BCUT2D eigenvalue weighted by Crippen LogP contribution is -2.42. The van der Waals surface area contributed by atoms with Crippen LogP contribution in [0.3, 0.4) is 0 Å². The first-order valence-electron chi connectivity index (χ1n) is 11.6. The number of hydrogen-bond donors (Lipinski definition) is 2. The van der Waals surface area contributed by atoms with E-state index in [2.05, 4.69) is 15.2 Å². The average Bonchev–Trinajstić information content (AvgIpc) is 3.47. The lowest BCUT2D eigenvalue weighted by atomic mass is 10.1. The summed E-state index contributed by atoms with van der Waals surface area (Å²) in [6, 6.07) is 23.4. The minimum atomic E-state index is -0.234. The summed E-state index contributed by atoms with van der Waals surface area (Å²) in [6.45, 7) is 1.90. The summed E-state index contributed by atoms with van der Waals surface area (Å²) in [5.74, 6) is 0.799. The number of halogens is 1. The smallest absolute Gasteiger partial charge is 0.237 e. The van der Waals surface area contributed by atoms with Gasteiger partial charge in [-0.05, 0) is 42.3 Å². The monoisotopic (exact) mass is 506 g/mol. The van der Waals surface area contributed by atoms with Crippen molar-refractivity contribution in [2.45, 2.75) is 36.0 Å². The third kappa shape index (κ3) is 5.64. The molecule has 0 aliphatic carbocycles. The fraction of sp³-hybridized carbons (Fsp3) is 0.259. The second-order valence-corrected chi connectivity index (χ2v) is 10.4. The molecule has 180 valence electrons. The van der Waals surface area contributed by atoms with Crippen molar-refractivity contribution in [3.63, 3.8) is 0 Å². The number of benzene rings is 3. The summed E-state index contributed by atoms with van der Waals surface area (Å²) in [5, 5.41) is 4.97. The number of carbonyl (C=O) groups excluding carboxylic acids is 1. The predicted molar refractivity (Wildman–Crippen MR) is 141 cm³/mol. The molecule has 0 unspecified atom stereocenters. The molecule has 35 heavy (non-hydrogen) atoms. The second kappa shape index (κ2) is 10.7. The van der Waals surface area contributed by atoms with Crippen molar-refractivity contribution in [1.82, 2.24) is 20.2 Å². The van der Waals surface area contributed by atoms with Gasteiger partial charge < -0.3 is 15.0 Å². The molecule has 0 saturated carbocycles. The first kappa shape index (κ1) is 23.7. The van der Waals surface area contributed by atoms with Gasteiger partial charge >= 0.3 is 0 Å². The third-order valence-electron chi connectivity index (χ3n) is 6.26. The molecule has 1 aromatic heterocycles. The van der Waals surface area contributed by atoms with Gasteiger partial charge in [0.05, 0.1) is 24.2 Å². The summed E-state index contributed by atoms with van der Waals surface area (Å²) >= 11 is 7.78. The van der Waals surface area contributed by atoms with E-state index in [9.17, 15) is 4.79 Å². The van der Waals surface area contributed by atoms with Gasteiger partial charge in [0, 0.05) is 35.5 Å². The summed E-state index contributed by atoms with van der Waals surface area (Å²) in [5.41, 5.74) is 4.07. The summed E-state index contributed by atoms with van der Waals surface area (Å²) in [4.78, 5) is 23.7. The normalized spacial score (nSPS) is 18.1. The van der Waals surface area contributed by atoms with E-state index in [4.69, 9.17) is 21.3 Å². The maximum absolute atomic E-state index is 13.4. The van der Waals surface area contributed by atoms with Crippen LogP contribution in [-0.4, -0.2) is 45.7 Å². The van der Waals surface area contributed by atoms with Crippen molar-refractivity contribution in [2.24, 2.45) is 0 Å². The molecule has 6 nitrogen and oxygen atoms in total. The number of H-pyrrole nitrogens is 1. The molecule has 8 heteroatoms. The number of methoxy groups -OCH3 is 1. The van der Waals surface area contributed by atoms with Gasteiger partial charge in [0.15, 0.2) is 5.16 Å². The lowest BCUT2D eigenvalue weighted by molar-refractivity contribution is -0.125. The zero-order valence-corrected chi connectivity index (χ0v) is 21.0. The quantitative estimate of drug-likeness (QED) is 0.340. The fourth-order valence-corrected chi connectivity index (χ4v) is 5.82. The average molecular weight is 507 g/mol. The van der Waals surface area contributed by atoms with Gasteiger partial charge in [0.1, 0.15) is 5.75 Å². The Balaban J connectivity index is 1.31. The Morgan fingerprint density at radius 3 is 2.71 bits per heavy atom. The molecule has 1 fully saturated rings. The van der Waals surface area contributed by atoms with E-state index >= 15 is 0 Å². The highest BCUT2D eigenvalue weighted by molar-refractivity contribution is 7.99. The van der Waals surface area contributed by atoms with Crippen molar-refractivity contribution in [2.75, 3.05) is 13.7 Å². The zero-order valence-electron chi connectivity index (χ0n) is 19.4. The molecule has 1 amide bonds. The molecule has 5 rings (SSSR count). The van der Waals surface area contributed by atoms with E-state index in [0.29, 0.717) is 18.1 Å². The zero-order chi connectivity index (χ0) is 24.2. The van der Waals surface area contributed by atoms with Crippen LogP contribution in [0.4, 0.5) is 0 Å². The van der Waals surface area contributed by atoms with Crippen molar-refractivity contribution in [3.8, 4) is 5.75 Å². The summed E-state index contributed by atoms with van der Waals surface area (Å²) < 4.78 is 5.43. The maximum Gasteiger partial charge on any atom is 0.237 e. The number of thioether (sulfide) groups is 1. The predicted octanol–water partition coefficient (Wildman–Crippen LogP) is 5.28. The highest BCUT2D eigenvalue weighted by Crippen LogP contribution is 2.33. The Labute approximate surface area is 214 Å². The number of carbonyl (C=O) groups is 1. The molecular formula is C27H27ClN4O2S. The number of rotatable bonds is 8. The van der Waals surface area contributed by atoms with E-state index in [0.717, 1.165) is 46.0 Å². The highest BCUT2D eigenvalue weighted by Gasteiger charge is 2.37. The molecule has 1 aliphatic rings. The lowest BCUT2D eigenvalue weighted by Gasteiger charge is -2.24. The van der Waals surface area contributed by atoms with Gasteiger partial charge in [-0.1, -0.05) is 65.8 Å². The largest absolute Gasteiger partial charge is 0.496 e. The number of ether oxygens (including phenoxy) is 1. The maximum atomic E-state index is 13.4. The molecule has 0 spiro atoms. The van der Waals surface area contributed by atoms with Crippen LogP contribution < -0.4 is 10.1 Å². The van der Waals surface area contributed by atoms with E-state index in [1.165, 1.54) is 0 Å². The summed E-state index contributed by atoms with van der Waals surface area (Å²) in [7, 11) is 1.64. The van der Waals surface area contributed by atoms with Crippen LogP contribution in [0.5, 0.6) is 5.75 Å². The Kier molecular flexibility index (Phi) is 7.27. The van der Waals surface area contributed by atoms with Crippen molar-refractivity contribution in [1.29, 1.82) is 0 Å². The molecule has 2 heterocycles. The number of imidazole rings is 1. The molecular weight excluding hydrogens is 480 g/mol. The van der Waals surface area contributed by atoms with Crippen molar-refractivity contribution < 1.29 is 9.53 Å². The molecule has 2 atom stereocenters. The van der Waals surface area contributed by atoms with Crippen molar-refractivity contribution >= 4 is 40.3 Å². The number of nitrogens with one attached hydrogen (secondary N) is 2. The van der Waals surface area contributed by atoms with Gasteiger partial charge in [-0.25, -0.2) is 4.98 Å². The SMILES string of the molecule is COc1ccccc1CNC(=O)[C@@H]1C[C@@H](Sc2nc3ccccc3[nH]2)CN1Cc1ccc(Cl)cc1. The van der Waals surface area contributed by atoms with Crippen LogP contribution in [0.25, 0.3) is 11.0 Å². The third-order valence-corrected chi connectivity index (χ3v) is 7.60. The van der Waals surface area contributed by atoms with Gasteiger partial charge in [-0.15, -0.1) is 0 Å². The molecule has 3 aromatic carbocycles. The number of fused-ring (bicyclic) bond motifs is 1. The Hall–Kier alpha value is -3.00. The van der Waals surface area contributed by atoms with Crippen LogP contribution >= 0.6 is 23.4 Å². The van der Waals surface area contributed by atoms with Gasteiger partial charge in [0.2, 0.25) is 5.91 Å². The van der Waals surface area contributed by atoms with Crippen LogP contribution in [-0.2, 0) is 17.9 Å². The number of nitrogens with zero attached hydrogens (tertiary/aromatic N) is 2. The Morgan fingerprint density at radius 2 is 1.91 bits per heavy atom. The Bertz CT molecular complexity index is 1280. The van der Waals surface area contributed by atoms with Gasteiger partial charge in [-0.3, -0.25) is 9.69 Å². The first-order valence-corrected chi connectivity index (χ1v) is 12.8. The number of para-hydroxylation sites is 3. The fourth-order valence-electron chi connectivity index (χ4n) is 4.51. The Morgan fingerprint density at radius 1 is 1.14 bits per heavy atom. The topological polar surface area (TPSA) is 70.2 Å². The van der Waals surface area contributed by atoms with Crippen LogP contribution in [0, 0.1) is 0 Å². The minimum Gasteiger partial charge on any atom is -0.496 e. The van der Waals surface area contributed by atoms with Crippen LogP contribution in [0.15, 0.2) is 78.0 Å². The standard InChI is InChI=1S/C27H27ClN4O2S/c1-34-25-9-5-2-6-19(25)15-29-26(33)24-14-21(17-32(24)16-18-10-12-20(28)13-11-18)35-27-30-22-7-3-4-8-23(22)31-27/h2-13,21,24H,14-17H2,1H3,(H,29,33)(H,30,31)/t21-,24+/m1/s1. The minimum absolute atomic E-state index is 0.0255. The molecule has 2 N–H and O–H groups in total. The summed E-state index contributed by atoms with van der Waals surface area (Å²) in [6.07, 6.45) is 0.743. The van der Waals surface area contributed by atoms with Gasteiger partial charge in [-0.2, -0.15) is 0 Å². The molecule has 1 aliphatic heterocycles. The van der Waals surface area contributed by atoms with E-state index in [-0.39, 0.29) is 17.2 Å². The van der Waals surface area contributed by atoms with Crippen LogP contribution in [0.1, 0.15) is 17.5 Å². The van der Waals surface area contributed by atoms with Crippen LogP contribution in [0.2, 0.25) is 5.02 Å². The molecule has 0 radical (unpaired) electrons. The number of aromatic nitrogens is 2. The first-order chi connectivity index (χ1) is 17.1. The number of likely N-dealkylation sites (tertiary alicyclic amines) is 1. The second-order valence-electron chi connectivity index (χ2n) is 8.64. The molecule has 0 bridgehead atoms.